The maximum Gasteiger partial charge on any atom is 0.235 e. The van der Waals surface area contributed by atoms with Crippen molar-refractivity contribution < 1.29 is 0 Å². The van der Waals surface area contributed by atoms with E-state index in [0.717, 1.165) is 38.8 Å². The molecule has 0 atom stereocenters. The minimum absolute atomic E-state index is 0.0215. The number of rotatable bonds is 4. The quantitative estimate of drug-likeness (QED) is 0.192. The van der Waals surface area contributed by atoms with Crippen molar-refractivity contribution in [2.24, 2.45) is 0 Å². The monoisotopic (exact) mass is 639 g/mol. The van der Waals surface area contributed by atoms with Gasteiger partial charge < -0.3 is 0 Å². The van der Waals surface area contributed by atoms with Crippen molar-refractivity contribution >= 4 is 32.7 Å². The van der Waals surface area contributed by atoms with Crippen LogP contribution in [0.4, 0.5) is 0 Å². The summed E-state index contributed by atoms with van der Waals surface area (Å²) in [4.78, 5) is 10.4. The molecule has 0 spiro atoms. The second-order valence-electron chi connectivity index (χ2n) is 13.8. The van der Waals surface area contributed by atoms with E-state index in [2.05, 4.69) is 170 Å². The summed E-state index contributed by atoms with van der Waals surface area (Å²) in [5.41, 5.74) is 15.4. The van der Waals surface area contributed by atoms with Crippen LogP contribution in [-0.4, -0.2) is 14.5 Å². The zero-order valence-corrected chi connectivity index (χ0v) is 27.9. The molecule has 0 fully saturated rings. The smallest absolute Gasteiger partial charge is 0.235 e. The lowest BCUT2D eigenvalue weighted by molar-refractivity contribution is 0.660. The van der Waals surface area contributed by atoms with Gasteiger partial charge in [-0.25, -0.2) is 9.97 Å². The molecule has 10 rings (SSSR count). The van der Waals surface area contributed by atoms with E-state index in [-0.39, 0.29) is 5.41 Å². The molecule has 50 heavy (non-hydrogen) atoms. The van der Waals surface area contributed by atoms with Gasteiger partial charge in [0.05, 0.1) is 22.2 Å². The average molecular weight is 640 g/mol. The van der Waals surface area contributed by atoms with Crippen molar-refractivity contribution in [2.45, 2.75) is 19.3 Å². The van der Waals surface area contributed by atoms with Gasteiger partial charge in [-0.2, -0.15) is 0 Å². The Bertz CT molecular complexity index is 2770. The van der Waals surface area contributed by atoms with E-state index in [0.29, 0.717) is 5.95 Å². The standard InChI is InChI=1S/C47H33N3/c1-47(2)40-17-9-6-14-35(40)36-26-24-33(28-41(36)47)30-20-22-31(23-21-30)34-25-27-38-37-15-8-11-19-43(37)50(44(38)29-34)46-48-42-18-10-7-16-39(42)45(49-46)32-12-4-3-5-13-32/h3-29H,1-2H3. The van der Waals surface area contributed by atoms with Crippen LogP contribution in [0.25, 0.3) is 83.3 Å². The molecule has 0 amide bonds. The van der Waals surface area contributed by atoms with Crippen molar-refractivity contribution in [1.82, 2.24) is 14.5 Å². The highest BCUT2D eigenvalue weighted by molar-refractivity contribution is 6.10. The van der Waals surface area contributed by atoms with Gasteiger partial charge >= 0.3 is 0 Å². The van der Waals surface area contributed by atoms with Gasteiger partial charge in [-0.1, -0.05) is 153 Å². The van der Waals surface area contributed by atoms with Crippen LogP contribution in [0.15, 0.2) is 164 Å². The first kappa shape index (κ1) is 28.7. The summed E-state index contributed by atoms with van der Waals surface area (Å²) in [6, 6.07) is 58.8. The average Bonchev–Trinajstić information content (AvgIpc) is 3.62. The van der Waals surface area contributed by atoms with Crippen molar-refractivity contribution in [2.75, 3.05) is 0 Å². The molecule has 0 bridgehead atoms. The fourth-order valence-corrected chi connectivity index (χ4v) is 8.08. The van der Waals surface area contributed by atoms with Gasteiger partial charge in [0.1, 0.15) is 0 Å². The van der Waals surface area contributed by atoms with Crippen LogP contribution in [0.1, 0.15) is 25.0 Å². The Hall–Kier alpha value is -6.32. The lowest BCUT2D eigenvalue weighted by Crippen LogP contribution is -2.14. The molecule has 1 aliphatic carbocycles. The van der Waals surface area contributed by atoms with Gasteiger partial charge in [0, 0.05) is 27.1 Å². The maximum atomic E-state index is 5.26. The fourth-order valence-electron chi connectivity index (χ4n) is 8.08. The van der Waals surface area contributed by atoms with E-state index in [4.69, 9.17) is 9.97 Å². The van der Waals surface area contributed by atoms with Gasteiger partial charge in [0.25, 0.3) is 0 Å². The molecule has 0 saturated heterocycles. The Balaban J connectivity index is 1.09. The van der Waals surface area contributed by atoms with Gasteiger partial charge in [0.15, 0.2) is 0 Å². The lowest BCUT2D eigenvalue weighted by atomic mass is 9.81. The molecule has 0 N–H and O–H groups in total. The summed E-state index contributed by atoms with van der Waals surface area (Å²) in [6.07, 6.45) is 0. The molecule has 0 saturated carbocycles. The van der Waals surface area contributed by atoms with E-state index in [1.807, 2.05) is 12.1 Å². The van der Waals surface area contributed by atoms with E-state index in [1.165, 1.54) is 49.7 Å². The van der Waals surface area contributed by atoms with Crippen molar-refractivity contribution in [1.29, 1.82) is 0 Å². The zero-order valence-electron chi connectivity index (χ0n) is 27.9. The number of benzene rings is 7. The maximum absolute atomic E-state index is 5.26. The highest BCUT2D eigenvalue weighted by Crippen LogP contribution is 2.49. The lowest BCUT2D eigenvalue weighted by Gasteiger charge is -2.22. The summed E-state index contributed by atoms with van der Waals surface area (Å²) in [5, 5.41) is 3.41. The van der Waals surface area contributed by atoms with Gasteiger partial charge in [-0.15, -0.1) is 0 Å². The first-order valence-corrected chi connectivity index (χ1v) is 17.3. The molecule has 0 unspecified atom stereocenters. The second kappa shape index (κ2) is 10.8. The molecular formula is C47H33N3. The summed E-state index contributed by atoms with van der Waals surface area (Å²) < 4.78 is 2.23. The molecule has 0 radical (unpaired) electrons. The second-order valence-corrected chi connectivity index (χ2v) is 13.8. The molecule has 9 aromatic rings. The van der Waals surface area contributed by atoms with Gasteiger partial charge in [-0.05, 0) is 68.8 Å². The van der Waals surface area contributed by atoms with Crippen molar-refractivity contribution in [3.05, 3.63) is 175 Å². The van der Waals surface area contributed by atoms with Crippen LogP contribution in [0.3, 0.4) is 0 Å². The van der Waals surface area contributed by atoms with E-state index >= 15 is 0 Å². The molecule has 3 nitrogen and oxygen atoms in total. The number of para-hydroxylation sites is 2. The number of aromatic nitrogens is 3. The van der Waals surface area contributed by atoms with Gasteiger partial charge in [0.2, 0.25) is 5.95 Å². The predicted molar refractivity (Wildman–Crippen MR) is 208 cm³/mol. The Labute approximate surface area is 291 Å². The Kier molecular flexibility index (Phi) is 6.22. The topological polar surface area (TPSA) is 30.7 Å². The van der Waals surface area contributed by atoms with Crippen LogP contribution in [0.2, 0.25) is 0 Å². The molecule has 3 heteroatoms. The Morgan fingerprint density at radius 3 is 1.84 bits per heavy atom. The Morgan fingerprint density at radius 1 is 0.420 bits per heavy atom. The van der Waals surface area contributed by atoms with E-state index < -0.39 is 0 Å². The molecule has 2 heterocycles. The largest absolute Gasteiger partial charge is 0.278 e. The molecule has 7 aromatic carbocycles. The predicted octanol–water partition coefficient (Wildman–Crippen LogP) is 12.0. The molecule has 236 valence electrons. The summed E-state index contributed by atoms with van der Waals surface area (Å²) in [7, 11) is 0. The van der Waals surface area contributed by atoms with Crippen LogP contribution in [-0.2, 0) is 5.41 Å². The fraction of sp³-hybridized carbons (Fsp3) is 0.0638. The highest BCUT2D eigenvalue weighted by atomic mass is 15.2. The molecular weight excluding hydrogens is 607 g/mol. The highest BCUT2D eigenvalue weighted by Gasteiger charge is 2.35. The van der Waals surface area contributed by atoms with Gasteiger partial charge in [-0.3, -0.25) is 4.57 Å². The minimum Gasteiger partial charge on any atom is -0.278 e. The van der Waals surface area contributed by atoms with Crippen molar-refractivity contribution in [3.63, 3.8) is 0 Å². The summed E-state index contributed by atoms with van der Waals surface area (Å²) in [5.74, 6) is 0.669. The normalized spacial score (nSPS) is 13.2. The number of hydrogen-bond donors (Lipinski definition) is 0. The van der Waals surface area contributed by atoms with Crippen LogP contribution in [0, 0.1) is 0 Å². The third-order valence-electron chi connectivity index (χ3n) is 10.6. The van der Waals surface area contributed by atoms with E-state index in [1.54, 1.807) is 0 Å². The number of hydrogen-bond acceptors (Lipinski definition) is 2. The first-order chi connectivity index (χ1) is 24.5. The SMILES string of the molecule is CC1(C)c2ccccc2-c2ccc(-c3ccc(-c4ccc5c6ccccc6n(-c6nc(-c7ccccc7)c7ccccc7n6)c5c4)cc3)cc21. The summed E-state index contributed by atoms with van der Waals surface area (Å²) in [6.45, 7) is 4.68. The number of nitrogens with zero attached hydrogens (tertiary/aromatic N) is 3. The molecule has 2 aromatic heterocycles. The first-order valence-electron chi connectivity index (χ1n) is 17.3. The molecule has 0 aliphatic heterocycles. The number of fused-ring (bicyclic) bond motifs is 7. The third-order valence-corrected chi connectivity index (χ3v) is 10.6. The third kappa shape index (κ3) is 4.30. The Morgan fingerprint density at radius 2 is 1.02 bits per heavy atom. The van der Waals surface area contributed by atoms with E-state index in [9.17, 15) is 0 Å². The molecule has 1 aliphatic rings. The van der Waals surface area contributed by atoms with Crippen LogP contribution in [0.5, 0.6) is 0 Å². The van der Waals surface area contributed by atoms with Crippen LogP contribution >= 0.6 is 0 Å². The van der Waals surface area contributed by atoms with Crippen molar-refractivity contribution in [3.8, 4) is 50.6 Å². The minimum atomic E-state index is -0.0215. The van der Waals surface area contributed by atoms with Crippen LogP contribution < -0.4 is 0 Å². The zero-order chi connectivity index (χ0) is 33.4. The summed E-state index contributed by atoms with van der Waals surface area (Å²) >= 11 is 0.